The smallest absolute Gasteiger partial charge is 0.305 e. The van der Waals surface area contributed by atoms with Crippen LogP contribution in [0.1, 0.15) is 12.0 Å². The van der Waals surface area contributed by atoms with Gasteiger partial charge in [0.2, 0.25) is 0 Å². The molecule has 0 atom stereocenters. The van der Waals surface area contributed by atoms with Crippen molar-refractivity contribution in [3.05, 3.63) is 29.6 Å². The predicted molar refractivity (Wildman–Crippen MR) is 58.2 cm³/mol. The molecule has 86 valence electrons. The number of nitrogens with one attached hydrogen (secondary N) is 2. The van der Waals surface area contributed by atoms with Crippen LogP contribution in [0.2, 0.25) is 0 Å². The molecule has 0 aliphatic heterocycles. The molecule has 1 rings (SSSR count). The second kappa shape index (κ2) is 5.11. The van der Waals surface area contributed by atoms with E-state index in [1.54, 1.807) is 0 Å². The first kappa shape index (κ1) is 12.0. The van der Waals surface area contributed by atoms with Gasteiger partial charge in [-0.05, 0) is 18.2 Å². The number of aliphatic carboxylic acids is 1. The monoisotopic (exact) mass is 225 g/mol. The molecule has 0 aromatic heterocycles. The van der Waals surface area contributed by atoms with E-state index in [9.17, 15) is 9.18 Å². The van der Waals surface area contributed by atoms with Crippen LogP contribution >= 0.6 is 0 Å². The first-order valence-corrected chi connectivity index (χ1v) is 4.60. The Morgan fingerprint density at radius 2 is 2.25 bits per heavy atom. The van der Waals surface area contributed by atoms with Crippen LogP contribution in [0.5, 0.6) is 0 Å². The molecular formula is C10H12FN3O2. The molecule has 0 aliphatic rings. The minimum atomic E-state index is -0.951. The van der Waals surface area contributed by atoms with Crippen molar-refractivity contribution in [3.8, 4) is 0 Å². The molecule has 0 heterocycles. The number of carbonyl (C=O) groups is 1. The van der Waals surface area contributed by atoms with E-state index in [0.29, 0.717) is 5.56 Å². The fourth-order valence-electron chi connectivity index (χ4n) is 1.13. The fraction of sp³-hybridized carbons (Fsp3) is 0.200. The van der Waals surface area contributed by atoms with Crippen LogP contribution in [0.25, 0.3) is 0 Å². The maximum Gasteiger partial charge on any atom is 0.305 e. The third-order valence-electron chi connectivity index (χ3n) is 1.93. The van der Waals surface area contributed by atoms with Crippen molar-refractivity contribution in [1.82, 2.24) is 0 Å². The van der Waals surface area contributed by atoms with Crippen LogP contribution in [0, 0.1) is 11.2 Å². The summed E-state index contributed by atoms with van der Waals surface area (Å²) in [6, 6.07) is 4.05. The Morgan fingerprint density at radius 1 is 1.56 bits per heavy atom. The highest BCUT2D eigenvalue weighted by Gasteiger charge is 2.05. The topological polar surface area (TPSA) is 99.2 Å². The zero-order chi connectivity index (χ0) is 12.1. The minimum Gasteiger partial charge on any atom is -0.481 e. The summed E-state index contributed by atoms with van der Waals surface area (Å²) < 4.78 is 13.4. The van der Waals surface area contributed by atoms with Gasteiger partial charge in [0.15, 0.2) is 0 Å². The number of nitrogens with two attached hydrogens (primary N) is 1. The third kappa shape index (κ3) is 3.23. The van der Waals surface area contributed by atoms with Crippen molar-refractivity contribution < 1.29 is 14.3 Å². The standard InChI is InChI=1S/C10H12FN3O2/c11-7-5-6(10(12)13)1-2-8(7)14-4-3-9(15)16/h1-2,5,14H,3-4H2,(H3,12,13)(H,15,16). The number of rotatable bonds is 5. The van der Waals surface area contributed by atoms with Crippen molar-refractivity contribution in [2.24, 2.45) is 5.73 Å². The number of benzene rings is 1. The van der Waals surface area contributed by atoms with Crippen LogP contribution in [0.4, 0.5) is 10.1 Å². The van der Waals surface area contributed by atoms with Gasteiger partial charge in [-0.25, -0.2) is 4.39 Å². The summed E-state index contributed by atoms with van der Waals surface area (Å²) in [4.78, 5) is 10.2. The van der Waals surface area contributed by atoms with Crippen molar-refractivity contribution in [2.75, 3.05) is 11.9 Å². The molecule has 6 heteroatoms. The number of hydrogen-bond acceptors (Lipinski definition) is 3. The lowest BCUT2D eigenvalue weighted by molar-refractivity contribution is -0.136. The van der Waals surface area contributed by atoms with Gasteiger partial charge in [-0.2, -0.15) is 0 Å². The summed E-state index contributed by atoms with van der Waals surface area (Å²) >= 11 is 0. The molecule has 1 aromatic rings. The van der Waals surface area contributed by atoms with E-state index in [1.165, 1.54) is 12.1 Å². The van der Waals surface area contributed by atoms with Crippen LogP contribution in [-0.4, -0.2) is 23.5 Å². The molecule has 0 unspecified atom stereocenters. The van der Waals surface area contributed by atoms with Gasteiger partial charge in [0.05, 0.1) is 12.1 Å². The number of carboxylic acid groups (broad SMARTS) is 1. The lowest BCUT2D eigenvalue weighted by Crippen LogP contribution is -2.12. The van der Waals surface area contributed by atoms with Crippen molar-refractivity contribution in [2.45, 2.75) is 6.42 Å². The number of nitrogen functional groups attached to an aromatic ring is 1. The molecule has 0 fully saturated rings. The molecule has 5 nitrogen and oxygen atoms in total. The zero-order valence-electron chi connectivity index (χ0n) is 8.46. The average Bonchev–Trinajstić information content (AvgIpc) is 2.19. The highest BCUT2D eigenvalue weighted by molar-refractivity contribution is 5.95. The fourth-order valence-corrected chi connectivity index (χ4v) is 1.13. The largest absolute Gasteiger partial charge is 0.481 e. The van der Waals surface area contributed by atoms with E-state index in [1.807, 2.05) is 0 Å². The van der Waals surface area contributed by atoms with Crippen LogP contribution < -0.4 is 11.1 Å². The highest BCUT2D eigenvalue weighted by Crippen LogP contribution is 2.15. The minimum absolute atomic E-state index is 0.0894. The van der Waals surface area contributed by atoms with E-state index in [0.717, 1.165) is 6.07 Å². The molecule has 0 saturated carbocycles. The molecular weight excluding hydrogens is 213 g/mol. The lowest BCUT2D eigenvalue weighted by Gasteiger charge is -2.07. The van der Waals surface area contributed by atoms with Crippen molar-refractivity contribution >= 4 is 17.5 Å². The first-order valence-electron chi connectivity index (χ1n) is 4.60. The SMILES string of the molecule is N=C(N)c1ccc(NCCC(=O)O)c(F)c1. The Labute approximate surface area is 91.6 Å². The lowest BCUT2D eigenvalue weighted by atomic mass is 10.2. The Kier molecular flexibility index (Phi) is 3.82. The van der Waals surface area contributed by atoms with Gasteiger partial charge in [-0.15, -0.1) is 0 Å². The van der Waals surface area contributed by atoms with E-state index in [-0.39, 0.29) is 24.5 Å². The third-order valence-corrected chi connectivity index (χ3v) is 1.93. The molecule has 1 aromatic carbocycles. The zero-order valence-corrected chi connectivity index (χ0v) is 8.46. The number of hydrogen-bond donors (Lipinski definition) is 4. The maximum atomic E-state index is 13.4. The summed E-state index contributed by atoms with van der Waals surface area (Å²) in [6.07, 6.45) is -0.0894. The molecule has 16 heavy (non-hydrogen) atoms. The normalized spacial score (nSPS) is 9.81. The van der Waals surface area contributed by atoms with Gasteiger partial charge < -0.3 is 16.2 Å². The van der Waals surface area contributed by atoms with Crippen molar-refractivity contribution in [3.63, 3.8) is 0 Å². The number of anilines is 1. The number of amidine groups is 1. The van der Waals surface area contributed by atoms with Gasteiger partial charge in [0.1, 0.15) is 11.7 Å². The second-order valence-electron chi connectivity index (χ2n) is 3.18. The van der Waals surface area contributed by atoms with Gasteiger partial charge in [-0.3, -0.25) is 10.2 Å². The summed E-state index contributed by atoms with van der Waals surface area (Å²) in [5, 5.41) is 18.2. The van der Waals surface area contributed by atoms with Gasteiger partial charge in [0.25, 0.3) is 0 Å². The molecule has 0 bridgehead atoms. The Balaban J connectivity index is 2.68. The maximum absolute atomic E-state index is 13.4. The molecule has 0 amide bonds. The summed E-state index contributed by atoms with van der Waals surface area (Å²) in [6.45, 7) is 0.145. The first-order chi connectivity index (χ1) is 7.50. The number of carboxylic acids is 1. The van der Waals surface area contributed by atoms with Crippen LogP contribution in [0.3, 0.4) is 0 Å². The molecule has 5 N–H and O–H groups in total. The number of halogens is 1. The Morgan fingerprint density at radius 3 is 2.75 bits per heavy atom. The van der Waals surface area contributed by atoms with Crippen molar-refractivity contribution in [1.29, 1.82) is 5.41 Å². The summed E-state index contributed by atoms with van der Waals surface area (Å²) in [5.74, 6) is -1.72. The van der Waals surface area contributed by atoms with Crippen LogP contribution in [0.15, 0.2) is 18.2 Å². The molecule has 0 saturated heterocycles. The van der Waals surface area contributed by atoms with E-state index in [2.05, 4.69) is 5.32 Å². The van der Waals surface area contributed by atoms with E-state index >= 15 is 0 Å². The average molecular weight is 225 g/mol. The Bertz CT molecular complexity index is 421. The van der Waals surface area contributed by atoms with Gasteiger partial charge in [-0.1, -0.05) is 0 Å². The highest BCUT2D eigenvalue weighted by atomic mass is 19.1. The summed E-state index contributed by atoms with van der Waals surface area (Å²) in [7, 11) is 0. The van der Waals surface area contributed by atoms with Gasteiger partial charge >= 0.3 is 5.97 Å². The van der Waals surface area contributed by atoms with Crippen LogP contribution in [-0.2, 0) is 4.79 Å². The quantitative estimate of drug-likeness (QED) is 0.443. The van der Waals surface area contributed by atoms with E-state index in [4.69, 9.17) is 16.2 Å². The molecule has 0 radical (unpaired) electrons. The Hall–Kier alpha value is -2.11. The molecule has 0 aliphatic carbocycles. The molecule has 0 spiro atoms. The van der Waals surface area contributed by atoms with E-state index < -0.39 is 11.8 Å². The predicted octanol–water partition coefficient (Wildman–Crippen LogP) is 0.996. The second-order valence-corrected chi connectivity index (χ2v) is 3.18. The van der Waals surface area contributed by atoms with Gasteiger partial charge in [0, 0.05) is 12.1 Å². The summed E-state index contributed by atoms with van der Waals surface area (Å²) in [5.41, 5.74) is 5.68.